The summed E-state index contributed by atoms with van der Waals surface area (Å²) in [6.07, 6.45) is 1.03. The van der Waals surface area contributed by atoms with Gasteiger partial charge in [0.05, 0.1) is 0 Å². The van der Waals surface area contributed by atoms with Crippen molar-refractivity contribution in [1.29, 1.82) is 0 Å². The molecule has 1 unspecified atom stereocenters. The fraction of sp³-hybridized carbons (Fsp3) is 0.667. The first-order valence-corrected chi connectivity index (χ1v) is 7.51. The van der Waals surface area contributed by atoms with Crippen LogP contribution in [0.3, 0.4) is 0 Å². The zero-order chi connectivity index (χ0) is 16.0. The van der Waals surface area contributed by atoms with E-state index >= 15 is 0 Å². The molecular formula is C15H27N5O. The molecule has 3 N–H and O–H groups in total. The number of rotatable bonds is 7. The lowest BCUT2D eigenvalue weighted by Gasteiger charge is -2.19. The first-order chi connectivity index (χ1) is 9.85. The van der Waals surface area contributed by atoms with E-state index in [1.165, 1.54) is 0 Å². The third-order valence-corrected chi connectivity index (χ3v) is 2.98. The minimum atomic E-state index is -0.348. The molecule has 21 heavy (non-hydrogen) atoms. The zero-order valence-electron chi connectivity index (χ0n) is 13.9. The highest BCUT2D eigenvalue weighted by atomic mass is 16.2. The van der Waals surface area contributed by atoms with Crippen molar-refractivity contribution >= 4 is 17.5 Å². The number of hydrogen-bond donors (Lipinski definition) is 3. The molecule has 6 nitrogen and oxygen atoms in total. The lowest BCUT2D eigenvalue weighted by molar-refractivity contribution is -0.122. The second-order valence-corrected chi connectivity index (χ2v) is 5.55. The predicted molar refractivity (Wildman–Crippen MR) is 86.7 cm³/mol. The van der Waals surface area contributed by atoms with Crippen LogP contribution in [0.25, 0.3) is 0 Å². The minimum absolute atomic E-state index is 0.0382. The van der Waals surface area contributed by atoms with E-state index < -0.39 is 0 Å². The number of anilines is 2. The second-order valence-electron chi connectivity index (χ2n) is 5.55. The van der Waals surface area contributed by atoms with Gasteiger partial charge in [-0.25, -0.2) is 9.97 Å². The van der Waals surface area contributed by atoms with Crippen LogP contribution in [0, 0.1) is 13.8 Å². The van der Waals surface area contributed by atoms with Crippen molar-refractivity contribution in [2.45, 2.75) is 60.0 Å². The molecule has 0 aliphatic rings. The summed E-state index contributed by atoms with van der Waals surface area (Å²) in [7, 11) is 0. The molecule has 0 aliphatic carbocycles. The highest BCUT2D eigenvalue weighted by Crippen LogP contribution is 2.20. The molecule has 1 rings (SSSR count). The fourth-order valence-electron chi connectivity index (χ4n) is 1.86. The van der Waals surface area contributed by atoms with E-state index in [1.54, 1.807) is 0 Å². The molecule has 1 amide bonds. The van der Waals surface area contributed by atoms with Gasteiger partial charge in [-0.15, -0.1) is 0 Å². The van der Waals surface area contributed by atoms with E-state index in [2.05, 4.69) is 32.8 Å². The lowest BCUT2D eigenvalue weighted by atomic mass is 10.2. The Hall–Kier alpha value is -1.85. The third-order valence-electron chi connectivity index (χ3n) is 2.98. The average molecular weight is 293 g/mol. The maximum Gasteiger partial charge on any atom is 0.242 e. The largest absolute Gasteiger partial charge is 0.370 e. The van der Waals surface area contributed by atoms with Crippen molar-refractivity contribution in [2.24, 2.45) is 0 Å². The molecule has 1 aromatic rings. The van der Waals surface area contributed by atoms with Gasteiger partial charge in [0.2, 0.25) is 5.91 Å². The van der Waals surface area contributed by atoms with Crippen LogP contribution in [0.1, 0.15) is 45.5 Å². The standard InChI is InChI=1S/C15H27N5O/c1-7-8-16-13-10(4)14(20-12(6)19-13)18-11(5)15(21)17-9(2)3/h9,11H,7-8H2,1-6H3,(H,17,21)(H2,16,18,19,20). The number of hydrogen-bond acceptors (Lipinski definition) is 5. The zero-order valence-corrected chi connectivity index (χ0v) is 13.9. The van der Waals surface area contributed by atoms with Crippen molar-refractivity contribution < 1.29 is 4.79 Å². The number of aromatic nitrogens is 2. The predicted octanol–water partition coefficient (Wildman–Crippen LogP) is 2.24. The Morgan fingerprint density at radius 2 is 1.76 bits per heavy atom. The van der Waals surface area contributed by atoms with Crippen molar-refractivity contribution in [3.63, 3.8) is 0 Å². The number of aryl methyl sites for hydroxylation is 1. The van der Waals surface area contributed by atoms with Crippen molar-refractivity contribution in [3.8, 4) is 0 Å². The SMILES string of the molecule is CCCNc1nc(C)nc(NC(C)C(=O)NC(C)C)c1C. The van der Waals surface area contributed by atoms with E-state index in [1.807, 2.05) is 34.6 Å². The minimum Gasteiger partial charge on any atom is -0.370 e. The van der Waals surface area contributed by atoms with Gasteiger partial charge in [0, 0.05) is 18.2 Å². The maximum atomic E-state index is 12.0. The number of carbonyl (C=O) groups is 1. The van der Waals surface area contributed by atoms with Gasteiger partial charge in [-0.3, -0.25) is 4.79 Å². The highest BCUT2D eigenvalue weighted by Gasteiger charge is 2.16. The normalized spacial score (nSPS) is 12.1. The summed E-state index contributed by atoms with van der Waals surface area (Å²) < 4.78 is 0. The number of amides is 1. The van der Waals surface area contributed by atoms with Gasteiger partial charge < -0.3 is 16.0 Å². The Morgan fingerprint density at radius 1 is 1.14 bits per heavy atom. The molecule has 0 aromatic carbocycles. The Balaban J connectivity index is 2.87. The van der Waals surface area contributed by atoms with Gasteiger partial charge in [-0.1, -0.05) is 6.92 Å². The molecule has 0 bridgehead atoms. The second kappa shape index (κ2) is 7.81. The van der Waals surface area contributed by atoms with Crippen LogP contribution in [0.2, 0.25) is 0 Å². The molecule has 0 spiro atoms. The van der Waals surface area contributed by atoms with Gasteiger partial charge in [0.15, 0.2) is 0 Å². The summed E-state index contributed by atoms with van der Waals surface area (Å²) in [4.78, 5) is 20.8. The third kappa shape index (κ3) is 5.21. The molecule has 0 saturated heterocycles. The molecular weight excluding hydrogens is 266 g/mol. The smallest absolute Gasteiger partial charge is 0.242 e. The Kier molecular flexibility index (Phi) is 6.39. The van der Waals surface area contributed by atoms with Gasteiger partial charge in [0.25, 0.3) is 0 Å². The quantitative estimate of drug-likeness (QED) is 0.718. The van der Waals surface area contributed by atoms with Crippen LogP contribution in [-0.4, -0.2) is 34.5 Å². The summed E-state index contributed by atoms with van der Waals surface area (Å²) >= 11 is 0. The van der Waals surface area contributed by atoms with Crippen LogP contribution in [0.4, 0.5) is 11.6 Å². The summed E-state index contributed by atoms with van der Waals surface area (Å²) in [5.41, 5.74) is 0.929. The van der Waals surface area contributed by atoms with E-state index in [0.717, 1.165) is 24.3 Å². The van der Waals surface area contributed by atoms with E-state index in [4.69, 9.17) is 0 Å². The van der Waals surface area contributed by atoms with E-state index in [-0.39, 0.29) is 18.0 Å². The fourth-order valence-corrected chi connectivity index (χ4v) is 1.86. The van der Waals surface area contributed by atoms with Gasteiger partial charge in [0.1, 0.15) is 23.5 Å². The Labute approximate surface area is 127 Å². The number of carbonyl (C=O) groups excluding carboxylic acids is 1. The van der Waals surface area contributed by atoms with Crippen LogP contribution >= 0.6 is 0 Å². The lowest BCUT2D eigenvalue weighted by Crippen LogP contribution is -2.41. The molecule has 1 heterocycles. The number of nitrogens with one attached hydrogen (secondary N) is 3. The van der Waals surface area contributed by atoms with E-state index in [9.17, 15) is 4.79 Å². The molecule has 6 heteroatoms. The van der Waals surface area contributed by atoms with Crippen molar-refractivity contribution in [3.05, 3.63) is 11.4 Å². The molecule has 0 aliphatic heterocycles. The van der Waals surface area contributed by atoms with Crippen molar-refractivity contribution in [2.75, 3.05) is 17.2 Å². The van der Waals surface area contributed by atoms with Gasteiger partial charge in [-0.05, 0) is 41.0 Å². The monoisotopic (exact) mass is 293 g/mol. The summed E-state index contributed by atoms with van der Waals surface area (Å²) in [6.45, 7) is 12.5. The van der Waals surface area contributed by atoms with Crippen molar-refractivity contribution in [1.82, 2.24) is 15.3 Å². The summed E-state index contributed by atoms with van der Waals surface area (Å²) in [5.74, 6) is 2.16. The molecule has 0 saturated carbocycles. The molecule has 1 atom stereocenters. The molecule has 1 aromatic heterocycles. The van der Waals surface area contributed by atoms with Crippen LogP contribution in [-0.2, 0) is 4.79 Å². The van der Waals surface area contributed by atoms with Crippen LogP contribution in [0.15, 0.2) is 0 Å². The molecule has 0 fully saturated rings. The van der Waals surface area contributed by atoms with Crippen LogP contribution < -0.4 is 16.0 Å². The van der Waals surface area contributed by atoms with E-state index in [0.29, 0.717) is 11.6 Å². The number of nitrogens with zero attached hydrogens (tertiary/aromatic N) is 2. The maximum absolute atomic E-state index is 12.0. The first kappa shape index (κ1) is 17.2. The Bertz CT molecular complexity index is 487. The van der Waals surface area contributed by atoms with Gasteiger partial charge >= 0.3 is 0 Å². The molecule has 0 radical (unpaired) electrons. The Morgan fingerprint density at radius 3 is 2.33 bits per heavy atom. The highest BCUT2D eigenvalue weighted by molar-refractivity contribution is 5.84. The summed E-state index contributed by atoms with van der Waals surface area (Å²) in [5, 5.41) is 9.34. The summed E-state index contributed by atoms with van der Waals surface area (Å²) in [6, 6.07) is -0.226. The van der Waals surface area contributed by atoms with Gasteiger partial charge in [-0.2, -0.15) is 0 Å². The van der Waals surface area contributed by atoms with Crippen LogP contribution in [0.5, 0.6) is 0 Å². The average Bonchev–Trinajstić information content (AvgIpc) is 2.39. The first-order valence-electron chi connectivity index (χ1n) is 7.51. The topological polar surface area (TPSA) is 78.9 Å². The molecule has 118 valence electrons.